The van der Waals surface area contributed by atoms with Crippen LogP contribution in [0.5, 0.6) is 5.88 Å². The van der Waals surface area contributed by atoms with Gasteiger partial charge in [0.25, 0.3) is 0 Å². The molecule has 1 aromatic heterocycles. The first-order valence-corrected chi connectivity index (χ1v) is 7.33. The fourth-order valence-electron chi connectivity index (χ4n) is 1.24. The lowest BCUT2D eigenvalue weighted by Crippen LogP contribution is -2.17. The predicted molar refractivity (Wildman–Crippen MR) is 68.2 cm³/mol. The fraction of sp³-hybridized carbons (Fsp3) is 0.500. The molecule has 0 aliphatic carbocycles. The van der Waals surface area contributed by atoms with Crippen LogP contribution in [-0.4, -0.2) is 32.1 Å². The first-order valence-electron chi connectivity index (χ1n) is 5.14. The molecule has 0 saturated heterocycles. The molecule has 7 heteroatoms. The van der Waals surface area contributed by atoms with Crippen LogP contribution in [0.1, 0.15) is 12.8 Å². The highest BCUT2D eigenvalue weighted by Gasteiger charge is 2.13. The number of sulfonamides is 1. The second kappa shape index (κ2) is 6.66. The first-order chi connectivity index (χ1) is 8.09. The van der Waals surface area contributed by atoms with E-state index in [0.29, 0.717) is 24.4 Å². The van der Waals surface area contributed by atoms with Gasteiger partial charge in [0.05, 0.1) is 12.9 Å². The van der Waals surface area contributed by atoms with Gasteiger partial charge in [-0.05, 0) is 25.0 Å². The van der Waals surface area contributed by atoms with Gasteiger partial charge in [-0.3, -0.25) is 4.72 Å². The van der Waals surface area contributed by atoms with Gasteiger partial charge in [-0.15, -0.1) is 11.6 Å². The molecule has 1 aromatic rings. The molecule has 0 saturated carbocycles. The molecule has 0 unspecified atom stereocenters. The number of pyridine rings is 1. The van der Waals surface area contributed by atoms with E-state index in [1.807, 2.05) is 0 Å². The third-order valence-electron chi connectivity index (χ3n) is 2.03. The minimum atomic E-state index is -3.37. The first kappa shape index (κ1) is 14.1. The van der Waals surface area contributed by atoms with Crippen molar-refractivity contribution in [1.82, 2.24) is 4.98 Å². The van der Waals surface area contributed by atoms with E-state index in [0.717, 1.165) is 0 Å². The topological polar surface area (TPSA) is 68.3 Å². The normalized spacial score (nSPS) is 11.2. The van der Waals surface area contributed by atoms with Gasteiger partial charge in [0.2, 0.25) is 15.9 Å². The Morgan fingerprint density at radius 3 is 2.88 bits per heavy atom. The van der Waals surface area contributed by atoms with Crippen molar-refractivity contribution in [3.8, 4) is 5.88 Å². The van der Waals surface area contributed by atoms with E-state index in [4.69, 9.17) is 16.3 Å². The monoisotopic (exact) mass is 278 g/mol. The summed E-state index contributed by atoms with van der Waals surface area (Å²) in [6.07, 6.45) is 2.73. The van der Waals surface area contributed by atoms with Crippen molar-refractivity contribution >= 4 is 27.3 Å². The van der Waals surface area contributed by atoms with E-state index < -0.39 is 10.0 Å². The lowest BCUT2D eigenvalue weighted by Gasteiger charge is -2.10. The minimum Gasteiger partial charge on any atom is -0.480 e. The molecule has 1 rings (SSSR count). The summed E-state index contributed by atoms with van der Waals surface area (Å²) in [4.78, 5) is 3.91. The highest BCUT2D eigenvalue weighted by Crippen LogP contribution is 2.21. The van der Waals surface area contributed by atoms with Gasteiger partial charge in [-0.1, -0.05) is 0 Å². The smallest absolute Gasteiger partial charge is 0.238 e. The molecule has 0 aromatic carbocycles. The second-order valence-corrected chi connectivity index (χ2v) is 5.60. The van der Waals surface area contributed by atoms with Crippen molar-refractivity contribution in [2.24, 2.45) is 0 Å². The van der Waals surface area contributed by atoms with Gasteiger partial charge < -0.3 is 4.74 Å². The number of hydrogen-bond donors (Lipinski definition) is 1. The quantitative estimate of drug-likeness (QED) is 0.610. The molecular weight excluding hydrogens is 264 g/mol. The molecule has 96 valence electrons. The van der Waals surface area contributed by atoms with Crippen LogP contribution in [-0.2, 0) is 10.0 Å². The van der Waals surface area contributed by atoms with E-state index in [1.165, 1.54) is 13.3 Å². The maximum Gasteiger partial charge on any atom is 0.238 e. The number of anilines is 1. The van der Waals surface area contributed by atoms with Crippen LogP contribution >= 0.6 is 11.6 Å². The van der Waals surface area contributed by atoms with E-state index in [1.54, 1.807) is 12.1 Å². The summed E-state index contributed by atoms with van der Waals surface area (Å²) in [5.41, 5.74) is 0.348. The number of unbranched alkanes of at least 4 members (excludes halogenated alkanes) is 1. The number of nitrogens with one attached hydrogen (secondary N) is 1. The highest BCUT2D eigenvalue weighted by atomic mass is 35.5. The van der Waals surface area contributed by atoms with Crippen LogP contribution in [0.3, 0.4) is 0 Å². The van der Waals surface area contributed by atoms with Crippen molar-refractivity contribution in [3.63, 3.8) is 0 Å². The molecule has 0 spiro atoms. The van der Waals surface area contributed by atoms with Crippen molar-refractivity contribution in [2.75, 3.05) is 23.5 Å². The van der Waals surface area contributed by atoms with Crippen molar-refractivity contribution in [2.45, 2.75) is 12.8 Å². The number of nitrogens with zero attached hydrogens (tertiary/aromatic N) is 1. The summed E-state index contributed by atoms with van der Waals surface area (Å²) in [6.45, 7) is 0. The Morgan fingerprint density at radius 2 is 2.24 bits per heavy atom. The molecule has 0 aliphatic heterocycles. The molecule has 0 amide bonds. The second-order valence-electron chi connectivity index (χ2n) is 3.38. The van der Waals surface area contributed by atoms with Gasteiger partial charge in [0.15, 0.2) is 0 Å². The standard InChI is InChI=1S/C10H15ClN2O3S/c1-16-10-9(5-4-7-12-10)13-17(14,15)8-3-2-6-11/h4-5,7,13H,2-3,6,8H2,1H3. The predicted octanol–water partition coefficient (Wildman–Crippen LogP) is 1.85. The molecule has 0 atom stereocenters. The molecule has 0 bridgehead atoms. The summed E-state index contributed by atoms with van der Waals surface area (Å²) in [5, 5.41) is 0. The fourth-order valence-corrected chi connectivity index (χ4v) is 2.60. The summed E-state index contributed by atoms with van der Waals surface area (Å²) in [6, 6.07) is 3.24. The summed E-state index contributed by atoms with van der Waals surface area (Å²) in [7, 11) is -1.93. The van der Waals surface area contributed by atoms with Crippen LogP contribution in [0.4, 0.5) is 5.69 Å². The number of aromatic nitrogens is 1. The molecule has 17 heavy (non-hydrogen) atoms. The Morgan fingerprint density at radius 1 is 1.47 bits per heavy atom. The van der Waals surface area contributed by atoms with Gasteiger partial charge >= 0.3 is 0 Å². The van der Waals surface area contributed by atoms with Crippen LogP contribution in [0.25, 0.3) is 0 Å². The largest absolute Gasteiger partial charge is 0.480 e. The van der Waals surface area contributed by atoms with Gasteiger partial charge in [0, 0.05) is 12.1 Å². The number of alkyl halides is 1. The average molecular weight is 279 g/mol. The molecule has 5 nitrogen and oxygen atoms in total. The molecule has 1 N–H and O–H groups in total. The molecule has 0 aliphatic rings. The average Bonchev–Trinajstić information content (AvgIpc) is 2.29. The third-order valence-corrected chi connectivity index (χ3v) is 3.65. The minimum absolute atomic E-state index is 0.0395. The zero-order valence-corrected chi connectivity index (χ0v) is 11.1. The van der Waals surface area contributed by atoms with E-state index in [-0.39, 0.29) is 11.6 Å². The number of rotatable bonds is 7. The van der Waals surface area contributed by atoms with Crippen molar-refractivity contribution in [3.05, 3.63) is 18.3 Å². The molecule has 0 fully saturated rings. The maximum atomic E-state index is 11.7. The Balaban J connectivity index is 2.69. The number of halogens is 1. The van der Waals surface area contributed by atoms with Gasteiger partial charge in [-0.25, -0.2) is 13.4 Å². The SMILES string of the molecule is COc1ncccc1NS(=O)(=O)CCCCCl. The molecular formula is C10H15ClN2O3S. The number of methoxy groups -OCH3 is 1. The Hall–Kier alpha value is -1.01. The lowest BCUT2D eigenvalue weighted by atomic mass is 10.4. The maximum absolute atomic E-state index is 11.7. The van der Waals surface area contributed by atoms with Crippen molar-refractivity contribution in [1.29, 1.82) is 0 Å². The Kier molecular flexibility index (Phi) is 5.50. The van der Waals surface area contributed by atoms with E-state index in [9.17, 15) is 8.42 Å². The lowest BCUT2D eigenvalue weighted by molar-refractivity contribution is 0.400. The van der Waals surface area contributed by atoms with Crippen LogP contribution in [0.2, 0.25) is 0 Å². The Bertz CT molecular complexity index is 451. The Labute approximate surface area is 106 Å². The van der Waals surface area contributed by atoms with Gasteiger partial charge in [0.1, 0.15) is 5.69 Å². The van der Waals surface area contributed by atoms with Crippen LogP contribution < -0.4 is 9.46 Å². The number of ether oxygens (including phenoxy) is 1. The van der Waals surface area contributed by atoms with Gasteiger partial charge in [-0.2, -0.15) is 0 Å². The summed E-state index contributed by atoms with van der Waals surface area (Å²) in [5.74, 6) is 0.761. The zero-order chi connectivity index (χ0) is 12.7. The molecule has 1 heterocycles. The number of hydrogen-bond acceptors (Lipinski definition) is 4. The van der Waals surface area contributed by atoms with E-state index in [2.05, 4.69) is 9.71 Å². The molecule has 0 radical (unpaired) electrons. The zero-order valence-electron chi connectivity index (χ0n) is 9.52. The van der Waals surface area contributed by atoms with Crippen LogP contribution in [0.15, 0.2) is 18.3 Å². The summed E-state index contributed by atoms with van der Waals surface area (Å²) < 4.78 is 30.8. The highest BCUT2D eigenvalue weighted by molar-refractivity contribution is 7.92. The van der Waals surface area contributed by atoms with Crippen molar-refractivity contribution < 1.29 is 13.2 Å². The van der Waals surface area contributed by atoms with Crippen LogP contribution in [0, 0.1) is 0 Å². The van der Waals surface area contributed by atoms with E-state index >= 15 is 0 Å². The third kappa shape index (κ3) is 4.79. The summed E-state index contributed by atoms with van der Waals surface area (Å²) >= 11 is 5.49.